The lowest BCUT2D eigenvalue weighted by Crippen LogP contribution is -2.30. The fraction of sp³-hybridized carbons (Fsp3) is 0.143. The molecule has 0 fully saturated rings. The third-order valence-electron chi connectivity index (χ3n) is 2.56. The van der Waals surface area contributed by atoms with Crippen molar-refractivity contribution in [2.45, 2.75) is 6.04 Å². The van der Waals surface area contributed by atoms with E-state index in [4.69, 9.17) is 0 Å². The molecule has 0 saturated carbocycles. The number of pyridine rings is 1. The molecule has 0 spiro atoms. The van der Waals surface area contributed by atoms with Gasteiger partial charge in [0.15, 0.2) is 0 Å². The lowest BCUT2D eigenvalue weighted by molar-refractivity contribution is 0.0936. The minimum absolute atomic E-state index is 0.0549. The number of hydrogen-bond acceptors (Lipinski definition) is 2. The Morgan fingerprint density at radius 1 is 1.17 bits per heavy atom. The number of alkyl halides is 1. The molecule has 2 aromatic rings. The van der Waals surface area contributed by atoms with Crippen molar-refractivity contribution in [2.24, 2.45) is 0 Å². The molecular formula is C14H13BrN2O. The Morgan fingerprint density at radius 3 is 2.50 bits per heavy atom. The number of halogens is 1. The summed E-state index contributed by atoms with van der Waals surface area (Å²) in [6, 6.07) is 15.1. The molecule has 1 amide bonds. The average molecular weight is 305 g/mol. The molecule has 0 bridgehead atoms. The first-order valence-electron chi connectivity index (χ1n) is 5.64. The van der Waals surface area contributed by atoms with Gasteiger partial charge in [0.1, 0.15) is 5.69 Å². The Kier molecular flexibility index (Phi) is 4.47. The van der Waals surface area contributed by atoms with Crippen molar-refractivity contribution in [1.82, 2.24) is 10.3 Å². The van der Waals surface area contributed by atoms with Gasteiger partial charge in [-0.25, -0.2) is 0 Å². The van der Waals surface area contributed by atoms with Crippen molar-refractivity contribution in [3.8, 4) is 0 Å². The molecule has 2 rings (SSSR count). The summed E-state index contributed by atoms with van der Waals surface area (Å²) in [4.78, 5) is 16.0. The standard InChI is InChI=1S/C14H13BrN2O/c15-10-13(11-6-2-1-3-7-11)17-14(18)12-8-4-5-9-16-12/h1-9,13H,10H2,(H,17,18). The van der Waals surface area contributed by atoms with Crippen LogP contribution in [0.25, 0.3) is 0 Å². The van der Waals surface area contributed by atoms with Crippen molar-refractivity contribution in [1.29, 1.82) is 0 Å². The Labute approximate surface area is 114 Å². The quantitative estimate of drug-likeness (QED) is 0.883. The lowest BCUT2D eigenvalue weighted by atomic mass is 10.1. The van der Waals surface area contributed by atoms with Gasteiger partial charge in [-0.1, -0.05) is 52.3 Å². The number of aromatic nitrogens is 1. The van der Waals surface area contributed by atoms with Crippen LogP contribution in [0.3, 0.4) is 0 Å². The maximum absolute atomic E-state index is 12.0. The van der Waals surface area contributed by atoms with Gasteiger partial charge in [0, 0.05) is 11.5 Å². The molecule has 3 nitrogen and oxygen atoms in total. The normalized spacial score (nSPS) is 11.8. The monoisotopic (exact) mass is 304 g/mol. The minimum atomic E-state index is -0.163. The van der Waals surface area contributed by atoms with Crippen LogP contribution in [0.4, 0.5) is 0 Å². The van der Waals surface area contributed by atoms with Gasteiger partial charge in [0.2, 0.25) is 0 Å². The summed E-state index contributed by atoms with van der Waals surface area (Å²) in [6.07, 6.45) is 1.61. The highest BCUT2D eigenvalue weighted by molar-refractivity contribution is 9.09. The van der Waals surface area contributed by atoms with Crippen LogP contribution < -0.4 is 5.32 Å². The van der Waals surface area contributed by atoms with Gasteiger partial charge in [-0.2, -0.15) is 0 Å². The second-order valence-corrected chi connectivity index (χ2v) is 4.45. The predicted molar refractivity (Wildman–Crippen MR) is 74.7 cm³/mol. The van der Waals surface area contributed by atoms with E-state index < -0.39 is 0 Å². The summed E-state index contributed by atoms with van der Waals surface area (Å²) >= 11 is 3.42. The van der Waals surface area contributed by atoms with E-state index in [1.807, 2.05) is 30.3 Å². The molecule has 0 aliphatic heterocycles. The number of rotatable bonds is 4. The summed E-state index contributed by atoms with van der Waals surface area (Å²) < 4.78 is 0. The van der Waals surface area contributed by atoms with Crippen molar-refractivity contribution in [2.75, 3.05) is 5.33 Å². The van der Waals surface area contributed by atoms with Gasteiger partial charge in [0.05, 0.1) is 6.04 Å². The second-order valence-electron chi connectivity index (χ2n) is 3.81. The van der Waals surface area contributed by atoms with Crippen molar-refractivity contribution < 1.29 is 4.79 Å². The molecule has 1 unspecified atom stereocenters. The number of carbonyl (C=O) groups excluding carboxylic acids is 1. The van der Waals surface area contributed by atoms with E-state index in [-0.39, 0.29) is 11.9 Å². The van der Waals surface area contributed by atoms with E-state index in [0.717, 1.165) is 5.56 Å². The highest BCUT2D eigenvalue weighted by Crippen LogP contribution is 2.15. The zero-order valence-electron chi connectivity index (χ0n) is 9.71. The summed E-state index contributed by atoms with van der Waals surface area (Å²) in [6.45, 7) is 0. The zero-order valence-corrected chi connectivity index (χ0v) is 11.3. The van der Waals surface area contributed by atoms with Gasteiger partial charge >= 0.3 is 0 Å². The van der Waals surface area contributed by atoms with Gasteiger partial charge in [-0.15, -0.1) is 0 Å². The molecular weight excluding hydrogens is 292 g/mol. The maximum Gasteiger partial charge on any atom is 0.270 e. The van der Waals surface area contributed by atoms with Crippen LogP contribution in [0.1, 0.15) is 22.1 Å². The largest absolute Gasteiger partial charge is 0.343 e. The van der Waals surface area contributed by atoms with Gasteiger partial charge in [0.25, 0.3) is 5.91 Å². The van der Waals surface area contributed by atoms with Gasteiger partial charge in [-0.3, -0.25) is 9.78 Å². The molecule has 0 saturated heterocycles. The highest BCUT2D eigenvalue weighted by atomic mass is 79.9. The number of benzene rings is 1. The molecule has 4 heteroatoms. The summed E-state index contributed by atoms with van der Waals surface area (Å²) in [5.41, 5.74) is 1.50. The fourth-order valence-corrected chi connectivity index (χ4v) is 2.16. The van der Waals surface area contributed by atoms with Crippen molar-refractivity contribution >= 4 is 21.8 Å². The van der Waals surface area contributed by atoms with Crippen LogP contribution in [0.5, 0.6) is 0 Å². The zero-order chi connectivity index (χ0) is 12.8. The Hall–Kier alpha value is -1.68. The molecule has 18 heavy (non-hydrogen) atoms. The van der Waals surface area contributed by atoms with Crippen molar-refractivity contribution in [3.05, 3.63) is 66.0 Å². The third-order valence-corrected chi connectivity index (χ3v) is 3.21. The van der Waals surface area contributed by atoms with Crippen LogP contribution in [0, 0.1) is 0 Å². The van der Waals surface area contributed by atoms with Crippen LogP contribution in [0.15, 0.2) is 54.7 Å². The van der Waals surface area contributed by atoms with Crippen LogP contribution in [-0.2, 0) is 0 Å². The molecule has 0 aliphatic carbocycles. The Balaban J connectivity index is 2.10. The molecule has 1 aromatic heterocycles. The Bertz CT molecular complexity index is 502. The fourth-order valence-electron chi connectivity index (χ4n) is 1.63. The number of nitrogens with zero attached hydrogens (tertiary/aromatic N) is 1. The van der Waals surface area contributed by atoms with E-state index in [1.54, 1.807) is 24.4 Å². The van der Waals surface area contributed by atoms with Crippen LogP contribution >= 0.6 is 15.9 Å². The maximum atomic E-state index is 12.0. The van der Waals surface area contributed by atoms with Gasteiger partial charge < -0.3 is 5.32 Å². The number of amides is 1. The second kappa shape index (κ2) is 6.31. The molecule has 0 radical (unpaired) electrons. The SMILES string of the molecule is O=C(NC(CBr)c1ccccc1)c1ccccn1. The molecule has 1 N–H and O–H groups in total. The summed E-state index contributed by atoms with van der Waals surface area (Å²) in [5, 5.41) is 3.61. The minimum Gasteiger partial charge on any atom is -0.343 e. The van der Waals surface area contributed by atoms with E-state index >= 15 is 0 Å². The van der Waals surface area contributed by atoms with E-state index in [2.05, 4.69) is 26.2 Å². The number of nitrogens with one attached hydrogen (secondary N) is 1. The lowest BCUT2D eigenvalue weighted by Gasteiger charge is -2.16. The topological polar surface area (TPSA) is 42.0 Å². The molecule has 1 heterocycles. The van der Waals surface area contributed by atoms with E-state index in [0.29, 0.717) is 11.0 Å². The molecule has 1 aromatic carbocycles. The average Bonchev–Trinajstić information content (AvgIpc) is 2.46. The first kappa shape index (κ1) is 12.8. The Morgan fingerprint density at radius 2 is 1.89 bits per heavy atom. The highest BCUT2D eigenvalue weighted by Gasteiger charge is 2.14. The molecule has 0 aliphatic rings. The van der Waals surface area contributed by atoms with Crippen molar-refractivity contribution in [3.63, 3.8) is 0 Å². The van der Waals surface area contributed by atoms with Crippen LogP contribution in [-0.4, -0.2) is 16.2 Å². The molecule has 1 atom stereocenters. The predicted octanol–water partition coefficient (Wildman–Crippen LogP) is 2.95. The number of carbonyl (C=O) groups is 1. The van der Waals surface area contributed by atoms with Gasteiger partial charge in [-0.05, 0) is 17.7 Å². The smallest absolute Gasteiger partial charge is 0.270 e. The number of hydrogen-bond donors (Lipinski definition) is 1. The first-order valence-corrected chi connectivity index (χ1v) is 6.76. The third kappa shape index (κ3) is 3.17. The summed E-state index contributed by atoms with van der Waals surface area (Å²) in [5.74, 6) is -0.163. The molecule has 92 valence electrons. The first-order chi connectivity index (χ1) is 8.81. The van der Waals surface area contributed by atoms with E-state index in [1.165, 1.54) is 0 Å². The summed E-state index contributed by atoms with van der Waals surface area (Å²) in [7, 11) is 0. The van der Waals surface area contributed by atoms with E-state index in [9.17, 15) is 4.79 Å². The van der Waals surface area contributed by atoms with Crippen LogP contribution in [0.2, 0.25) is 0 Å².